The first-order chi connectivity index (χ1) is 8.90. The average molecular weight is 267 g/mol. The Kier molecular flexibility index (Phi) is 3.94. The highest BCUT2D eigenvalue weighted by Gasteiger charge is 2.34. The molecule has 0 atom stereocenters. The van der Waals surface area contributed by atoms with Crippen LogP contribution in [0.4, 0.5) is 0 Å². The van der Waals surface area contributed by atoms with E-state index in [-0.39, 0.29) is 18.0 Å². The minimum absolute atomic E-state index is 0.247. The summed E-state index contributed by atoms with van der Waals surface area (Å²) in [5.74, 6) is 0.599. The number of esters is 1. The summed E-state index contributed by atoms with van der Waals surface area (Å²) in [7, 11) is 0. The van der Waals surface area contributed by atoms with Crippen molar-refractivity contribution >= 4 is 5.97 Å². The number of nitrogens with zero attached hydrogens (tertiary/aromatic N) is 1. The van der Waals surface area contributed by atoms with E-state index in [1.54, 1.807) is 6.92 Å². The van der Waals surface area contributed by atoms with Gasteiger partial charge in [0.25, 0.3) is 0 Å². The molecule has 0 saturated heterocycles. The number of carbonyl (C=O) groups is 1. The van der Waals surface area contributed by atoms with Gasteiger partial charge in [0.15, 0.2) is 0 Å². The summed E-state index contributed by atoms with van der Waals surface area (Å²) in [5, 5.41) is 0. The van der Waals surface area contributed by atoms with Gasteiger partial charge in [-0.25, -0.2) is 9.78 Å². The molecule has 19 heavy (non-hydrogen) atoms. The van der Waals surface area contributed by atoms with Gasteiger partial charge in [0.05, 0.1) is 17.9 Å². The summed E-state index contributed by atoms with van der Waals surface area (Å²) >= 11 is 0. The lowest BCUT2D eigenvalue weighted by Crippen LogP contribution is -2.18. The van der Waals surface area contributed by atoms with Gasteiger partial charge in [-0.2, -0.15) is 0 Å². The normalized spacial score (nSPS) is 15.6. The van der Waals surface area contributed by atoms with Crippen LogP contribution in [0, 0.1) is 0 Å². The zero-order valence-electron chi connectivity index (χ0n) is 12.0. The molecule has 1 fully saturated rings. The van der Waals surface area contributed by atoms with Gasteiger partial charge in [-0.1, -0.05) is 0 Å². The van der Waals surface area contributed by atoms with Crippen LogP contribution in [0.2, 0.25) is 0 Å². The minimum atomic E-state index is -0.432. The molecule has 1 aromatic rings. The number of hydrogen-bond donors (Lipinski definition) is 0. The summed E-state index contributed by atoms with van der Waals surface area (Å²) < 4.78 is 16.1. The first-order valence-electron chi connectivity index (χ1n) is 6.71. The van der Waals surface area contributed by atoms with Crippen molar-refractivity contribution in [3.8, 4) is 0 Å². The summed E-state index contributed by atoms with van der Waals surface area (Å²) in [5.41, 5.74) is 0.462. The summed E-state index contributed by atoms with van der Waals surface area (Å²) in [6, 6.07) is 0. The number of hydrogen-bond acceptors (Lipinski definition) is 5. The molecule has 5 nitrogen and oxygen atoms in total. The maximum atomic E-state index is 11.8. The van der Waals surface area contributed by atoms with Gasteiger partial charge in [0, 0.05) is 5.92 Å². The Labute approximate surface area is 113 Å². The van der Waals surface area contributed by atoms with Gasteiger partial charge in [-0.3, -0.25) is 0 Å². The molecular weight excluding hydrogens is 246 g/mol. The van der Waals surface area contributed by atoms with Crippen molar-refractivity contribution < 1.29 is 18.7 Å². The number of oxazole rings is 1. The first-order valence-corrected chi connectivity index (χ1v) is 6.71. The second kappa shape index (κ2) is 5.33. The fourth-order valence-corrected chi connectivity index (χ4v) is 1.69. The fourth-order valence-electron chi connectivity index (χ4n) is 1.69. The molecule has 0 aliphatic heterocycles. The van der Waals surface area contributed by atoms with Crippen LogP contribution in [0.15, 0.2) is 4.42 Å². The van der Waals surface area contributed by atoms with Gasteiger partial charge >= 0.3 is 5.97 Å². The Balaban J connectivity index is 2.13. The lowest BCUT2D eigenvalue weighted by molar-refractivity contribution is -0.0247. The zero-order valence-corrected chi connectivity index (χ0v) is 12.0. The van der Waals surface area contributed by atoms with Gasteiger partial charge in [0.2, 0.25) is 11.7 Å². The number of carbonyl (C=O) groups excluding carboxylic acids is 1. The lowest BCUT2D eigenvalue weighted by atomic mass is 10.2. The molecule has 1 aliphatic carbocycles. The van der Waals surface area contributed by atoms with Crippen molar-refractivity contribution in [1.29, 1.82) is 0 Å². The molecule has 0 aromatic carbocycles. The van der Waals surface area contributed by atoms with Crippen LogP contribution in [-0.4, -0.2) is 23.2 Å². The predicted octanol–water partition coefficient (Wildman–Crippen LogP) is 3.04. The van der Waals surface area contributed by atoms with E-state index in [9.17, 15) is 4.79 Å². The van der Waals surface area contributed by atoms with Crippen molar-refractivity contribution in [2.24, 2.45) is 0 Å². The Morgan fingerprint density at radius 1 is 1.42 bits per heavy atom. The molecule has 2 rings (SSSR count). The van der Waals surface area contributed by atoms with Gasteiger partial charge in [0.1, 0.15) is 6.61 Å². The highest BCUT2D eigenvalue weighted by molar-refractivity contribution is 5.87. The van der Waals surface area contributed by atoms with E-state index in [1.165, 1.54) is 0 Å². The predicted molar refractivity (Wildman–Crippen MR) is 69.0 cm³/mol. The zero-order chi connectivity index (χ0) is 14.0. The summed E-state index contributed by atoms with van der Waals surface area (Å²) in [4.78, 5) is 16.2. The van der Waals surface area contributed by atoms with E-state index in [0.717, 1.165) is 18.5 Å². The van der Waals surface area contributed by atoms with Crippen LogP contribution in [0.5, 0.6) is 0 Å². The Bertz CT molecular complexity index is 455. The van der Waals surface area contributed by atoms with Gasteiger partial charge in [-0.15, -0.1) is 0 Å². The van der Waals surface area contributed by atoms with Crippen LogP contribution in [-0.2, 0) is 16.1 Å². The van der Waals surface area contributed by atoms with E-state index >= 15 is 0 Å². The monoisotopic (exact) mass is 267 g/mol. The van der Waals surface area contributed by atoms with E-state index in [4.69, 9.17) is 13.9 Å². The van der Waals surface area contributed by atoms with E-state index in [2.05, 4.69) is 4.98 Å². The van der Waals surface area contributed by atoms with Crippen molar-refractivity contribution in [2.75, 3.05) is 6.61 Å². The minimum Gasteiger partial charge on any atom is -0.460 e. The Morgan fingerprint density at radius 3 is 2.63 bits per heavy atom. The number of rotatable bonds is 5. The van der Waals surface area contributed by atoms with Crippen LogP contribution in [0.1, 0.15) is 68.6 Å². The summed E-state index contributed by atoms with van der Waals surface area (Å²) in [6.07, 6.45) is 2.11. The van der Waals surface area contributed by atoms with Crippen molar-refractivity contribution in [3.63, 3.8) is 0 Å². The fraction of sp³-hybridized carbons (Fsp3) is 0.714. The molecule has 1 aliphatic rings. The second-order valence-corrected chi connectivity index (χ2v) is 5.72. The molecule has 5 heteroatoms. The molecule has 0 radical (unpaired) electrons. The van der Waals surface area contributed by atoms with Gasteiger partial charge in [-0.05, 0) is 40.5 Å². The number of aromatic nitrogens is 1. The third kappa shape index (κ3) is 3.80. The number of ether oxygens (including phenoxy) is 2. The Hall–Kier alpha value is -1.36. The standard InChI is InChI=1S/C14H21NO4/c1-5-17-13(16)12-11(9-6-7-9)15-10(19-12)8-18-14(2,3)4/h9H,5-8H2,1-4H3. The molecule has 106 valence electrons. The molecule has 0 spiro atoms. The highest BCUT2D eigenvalue weighted by atomic mass is 16.5. The quantitative estimate of drug-likeness (QED) is 0.767. The molecule has 0 unspecified atom stereocenters. The SMILES string of the molecule is CCOC(=O)c1oc(COC(C)(C)C)nc1C1CC1. The third-order valence-corrected chi connectivity index (χ3v) is 2.75. The maximum absolute atomic E-state index is 11.8. The Morgan fingerprint density at radius 2 is 2.11 bits per heavy atom. The largest absolute Gasteiger partial charge is 0.460 e. The lowest BCUT2D eigenvalue weighted by Gasteiger charge is -2.17. The van der Waals surface area contributed by atoms with Crippen LogP contribution >= 0.6 is 0 Å². The van der Waals surface area contributed by atoms with Crippen LogP contribution in [0.3, 0.4) is 0 Å². The highest BCUT2D eigenvalue weighted by Crippen LogP contribution is 2.41. The first kappa shape index (κ1) is 14.1. The van der Waals surface area contributed by atoms with Crippen molar-refractivity contribution in [1.82, 2.24) is 4.98 Å². The van der Waals surface area contributed by atoms with Crippen LogP contribution < -0.4 is 0 Å². The van der Waals surface area contributed by atoms with E-state index in [0.29, 0.717) is 18.4 Å². The molecule has 1 aromatic heterocycles. The molecule has 0 N–H and O–H groups in total. The molecule has 0 bridgehead atoms. The van der Waals surface area contributed by atoms with Crippen molar-refractivity contribution in [3.05, 3.63) is 17.3 Å². The van der Waals surface area contributed by atoms with Gasteiger partial charge < -0.3 is 13.9 Å². The molecular formula is C14H21NO4. The summed E-state index contributed by atoms with van der Waals surface area (Å²) in [6.45, 7) is 8.26. The third-order valence-electron chi connectivity index (χ3n) is 2.75. The van der Waals surface area contributed by atoms with E-state index in [1.807, 2.05) is 20.8 Å². The molecule has 1 saturated carbocycles. The van der Waals surface area contributed by atoms with E-state index < -0.39 is 5.97 Å². The molecule has 0 amide bonds. The molecule has 1 heterocycles. The topological polar surface area (TPSA) is 61.6 Å². The average Bonchev–Trinajstić information content (AvgIpc) is 3.06. The second-order valence-electron chi connectivity index (χ2n) is 5.72. The maximum Gasteiger partial charge on any atom is 0.376 e. The smallest absolute Gasteiger partial charge is 0.376 e. The van der Waals surface area contributed by atoms with Crippen molar-refractivity contribution in [2.45, 2.75) is 58.7 Å². The van der Waals surface area contributed by atoms with Crippen LogP contribution in [0.25, 0.3) is 0 Å².